The first-order chi connectivity index (χ1) is 11.0. The molecule has 1 aromatic carbocycles. The normalized spacial score (nSPS) is 9.78. The van der Waals surface area contributed by atoms with E-state index in [4.69, 9.17) is 0 Å². The van der Waals surface area contributed by atoms with Crippen molar-refractivity contribution in [2.24, 2.45) is 0 Å². The smallest absolute Gasteiger partial charge is 0.253 e. The van der Waals surface area contributed by atoms with Gasteiger partial charge in [-0.3, -0.25) is 19.4 Å². The molecule has 0 aliphatic carbocycles. The molecule has 7 heteroatoms. The van der Waals surface area contributed by atoms with Gasteiger partial charge in [-0.25, -0.2) is 0 Å². The van der Waals surface area contributed by atoms with E-state index in [1.807, 2.05) is 0 Å². The van der Waals surface area contributed by atoms with Gasteiger partial charge in [-0.05, 0) is 30.3 Å². The molecular weight excluding hydrogens is 296 g/mol. The van der Waals surface area contributed by atoms with Crippen molar-refractivity contribution in [2.45, 2.75) is 6.92 Å². The maximum atomic E-state index is 11.9. The Kier molecular flexibility index (Phi) is 5.40. The molecule has 2 rings (SSSR count). The Morgan fingerprint density at radius 2 is 1.78 bits per heavy atom. The molecule has 0 unspecified atom stereocenters. The summed E-state index contributed by atoms with van der Waals surface area (Å²) >= 11 is 0. The third-order valence-corrected chi connectivity index (χ3v) is 2.80. The van der Waals surface area contributed by atoms with E-state index in [1.165, 1.54) is 13.1 Å². The molecule has 2 aromatic rings. The number of amides is 3. The summed E-state index contributed by atoms with van der Waals surface area (Å²) in [5.74, 6) is -0.945. The number of anilines is 2. The summed E-state index contributed by atoms with van der Waals surface area (Å²) in [5, 5.41) is 7.77. The van der Waals surface area contributed by atoms with Gasteiger partial charge in [-0.15, -0.1) is 0 Å². The van der Waals surface area contributed by atoms with Gasteiger partial charge in [0.05, 0.1) is 12.1 Å². The third kappa shape index (κ3) is 5.24. The summed E-state index contributed by atoms with van der Waals surface area (Å²) in [4.78, 5) is 38.5. The zero-order chi connectivity index (χ0) is 16.7. The zero-order valence-electron chi connectivity index (χ0n) is 12.5. The van der Waals surface area contributed by atoms with Crippen molar-refractivity contribution in [3.63, 3.8) is 0 Å². The van der Waals surface area contributed by atoms with E-state index in [9.17, 15) is 14.4 Å². The standard InChI is InChI=1S/C16H16N4O3/c1-11(21)19-13-5-2-6-14(8-13)20-15(22)10-18-16(23)12-4-3-7-17-9-12/h2-9H,10H2,1H3,(H,18,23)(H,19,21)(H,20,22). The molecule has 0 aliphatic heterocycles. The summed E-state index contributed by atoms with van der Waals surface area (Å²) in [6.07, 6.45) is 2.98. The Balaban J connectivity index is 1.87. The molecule has 0 bridgehead atoms. The lowest BCUT2D eigenvalue weighted by Gasteiger charge is -2.08. The Bertz CT molecular complexity index is 716. The quantitative estimate of drug-likeness (QED) is 0.777. The van der Waals surface area contributed by atoms with Crippen molar-refractivity contribution in [3.8, 4) is 0 Å². The Morgan fingerprint density at radius 3 is 2.43 bits per heavy atom. The van der Waals surface area contributed by atoms with Crippen molar-refractivity contribution in [1.82, 2.24) is 10.3 Å². The highest BCUT2D eigenvalue weighted by Gasteiger charge is 2.08. The summed E-state index contributed by atoms with van der Waals surface area (Å²) in [7, 11) is 0. The SMILES string of the molecule is CC(=O)Nc1cccc(NC(=O)CNC(=O)c2cccnc2)c1. The van der Waals surface area contributed by atoms with Gasteiger partial charge in [-0.2, -0.15) is 0 Å². The average molecular weight is 312 g/mol. The Hall–Kier alpha value is -3.22. The van der Waals surface area contributed by atoms with Crippen molar-refractivity contribution in [3.05, 3.63) is 54.4 Å². The van der Waals surface area contributed by atoms with Gasteiger partial charge in [0, 0.05) is 30.7 Å². The largest absolute Gasteiger partial charge is 0.343 e. The Morgan fingerprint density at radius 1 is 1.04 bits per heavy atom. The number of carbonyl (C=O) groups excluding carboxylic acids is 3. The first kappa shape index (κ1) is 16.2. The monoisotopic (exact) mass is 312 g/mol. The minimum absolute atomic E-state index is 0.169. The molecule has 0 radical (unpaired) electrons. The lowest BCUT2D eigenvalue weighted by atomic mass is 10.2. The predicted octanol–water partition coefficient (Wildman–Crippen LogP) is 1.41. The minimum Gasteiger partial charge on any atom is -0.343 e. The molecule has 0 atom stereocenters. The molecular formula is C16H16N4O3. The number of hydrogen-bond donors (Lipinski definition) is 3. The van der Waals surface area contributed by atoms with Crippen molar-refractivity contribution < 1.29 is 14.4 Å². The third-order valence-electron chi connectivity index (χ3n) is 2.80. The average Bonchev–Trinajstić information content (AvgIpc) is 2.53. The van der Waals surface area contributed by atoms with Crippen LogP contribution in [0.25, 0.3) is 0 Å². The number of aromatic nitrogens is 1. The second-order valence-corrected chi connectivity index (χ2v) is 4.73. The van der Waals surface area contributed by atoms with Gasteiger partial charge in [0.2, 0.25) is 11.8 Å². The summed E-state index contributed by atoms with van der Waals surface area (Å²) in [6.45, 7) is 1.23. The highest BCUT2D eigenvalue weighted by atomic mass is 16.2. The van der Waals surface area contributed by atoms with Crippen LogP contribution in [0.3, 0.4) is 0 Å². The van der Waals surface area contributed by atoms with E-state index in [0.29, 0.717) is 16.9 Å². The van der Waals surface area contributed by atoms with Crippen LogP contribution in [-0.4, -0.2) is 29.3 Å². The van der Waals surface area contributed by atoms with Gasteiger partial charge < -0.3 is 16.0 Å². The lowest BCUT2D eigenvalue weighted by molar-refractivity contribution is -0.115. The van der Waals surface area contributed by atoms with Crippen LogP contribution < -0.4 is 16.0 Å². The number of nitrogens with zero attached hydrogens (tertiary/aromatic N) is 1. The van der Waals surface area contributed by atoms with Gasteiger partial charge in [0.25, 0.3) is 5.91 Å². The van der Waals surface area contributed by atoms with Crippen LogP contribution in [0.4, 0.5) is 11.4 Å². The molecule has 0 spiro atoms. The number of benzene rings is 1. The molecule has 23 heavy (non-hydrogen) atoms. The predicted molar refractivity (Wildman–Crippen MR) is 85.9 cm³/mol. The van der Waals surface area contributed by atoms with Gasteiger partial charge in [0.15, 0.2) is 0 Å². The fraction of sp³-hybridized carbons (Fsp3) is 0.125. The highest BCUT2D eigenvalue weighted by molar-refractivity contribution is 5.99. The number of pyridine rings is 1. The fourth-order valence-corrected chi connectivity index (χ4v) is 1.84. The molecule has 3 N–H and O–H groups in total. The van der Waals surface area contributed by atoms with Crippen LogP contribution >= 0.6 is 0 Å². The van der Waals surface area contributed by atoms with Crippen molar-refractivity contribution in [2.75, 3.05) is 17.2 Å². The van der Waals surface area contributed by atoms with Crippen LogP contribution in [-0.2, 0) is 9.59 Å². The molecule has 1 aromatic heterocycles. The van der Waals surface area contributed by atoms with E-state index >= 15 is 0 Å². The summed E-state index contributed by atoms with van der Waals surface area (Å²) < 4.78 is 0. The summed E-state index contributed by atoms with van der Waals surface area (Å²) in [5.41, 5.74) is 1.49. The maximum absolute atomic E-state index is 11.9. The zero-order valence-corrected chi connectivity index (χ0v) is 12.5. The topological polar surface area (TPSA) is 100 Å². The van der Waals surface area contributed by atoms with Gasteiger partial charge in [-0.1, -0.05) is 6.07 Å². The molecule has 7 nitrogen and oxygen atoms in total. The first-order valence-electron chi connectivity index (χ1n) is 6.90. The lowest BCUT2D eigenvalue weighted by Crippen LogP contribution is -2.32. The number of hydrogen-bond acceptors (Lipinski definition) is 4. The van der Waals surface area contributed by atoms with Crippen LogP contribution in [0.2, 0.25) is 0 Å². The minimum atomic E-state index is -0.375. The number of carbonyl (C=O) groups is 3. The fourth-order valence-electron chi connectivity index (χ4n) is 1.84. The molecule has 1 heterocycles. The maximum Gasteiger partial charge on any atom is 0.253 e. The van der Waals surface area contributed by atoms with E-state index in [0.717, 1.165) is 0 Å². The van der Waals surface area contributed by atoms with E-state index < -0.39 is 0 Å². The van der Waals surface area contributed by atoms with Crippen LogP contribution in [0.15, 0.2) is 48.8 Å². The number of rotatable bonds is 5. The molecule has 0 saturated carbocycles. The van der Waals surface area contributed by atoms with E-state index in [1.54, 1.807) is 42.6 Å². The van der Waals surface area contributed by atoms with Crippen molar-refractivity contribution in [1.29, 1.82) is 0 Å². The van der Waals surface area contributed by atoms with Crippen LogP contribution in [0, 0.1) is 0 Å². The number of nitrogens with one attached hydrogen (secondary N) is 3. The van der Waals surface area contributed by atoms with Crippen LogP contribution in [0.1, 0.15) is 17.3 Å². The van der Waals surface area contributed by atoms with Gasteiger partial charge >= 0.3 is 0 Å². The molecule has 0 fully saturated rings. The molecule has 0 saturated heterocycles. The molecule has 3 amide bonds. The Labute approximate surface area is 133 Å². The molecule has 0 aliphatic rings. The first-order valence-corrected chi connectivity index (χ1v) is 6.90. The van der Waals surface area contributed by atoms with Crippen LogP contribution in [0.5, 0.6) is 0 Å². The molecule has 118 valence electrons. The second kappa shape index (κ2) is 7.69. The highest BCUT2D eigenvalue weighted by Crippen LogP contribution is 2.14. The van der Waals surface area contributed by atoms with Crippen molar-refractivity contribution >= 4 is 29.1 Å². The summed E-state index contributed by atoms with van der Waals surface area (Å²) in [6, 6.07) is 9.98. The van der Waals surface area contributed by atoms with E-state index in [-0.39, 0.29) is 24.3 Å². The van der Waals surface area contributed by atoms with Gasteiger partial charge in [0.1, 0.15) is 0 Å². The second-order valence-electron chi connectivity index (χ2n) is 4.73. The van der Waals surface area contributed by atoms with E-state index in [2.05, 4.69) is 20.9 Å².